The van der Waals surface area contributed by atoms with E-state index in [0.717, 1.165) is 5.56 Å². The SMILES string of the molecule is CC(C)c1cccc(C(=O)NCCOc2ccccc2C(=O)O)c1.[NaH]. The van der Waals surface area contributed by atoms with Crippen LogP contribution in [0.4, 0.5) is 0 Å². The number of nitrogens with one attached hydrogen (secondary N) is 1. The number of carbonyl (C=O) groups excluding carboxylic acids is 1. The summed E-state index contributed by atoms with van der Waals surface area (Å²) in [7, 11) is 0. The van der Waals surface area contributed by atoms with Gasteiger partial charge in [0.1, 0.15) is 17.9 Å². The molecule has 25 heavy (non-hydrogen) atoms. The number of benzene rings is 2. The second-order valence-electron chi connectivity index (χ2n) is 5.69. The number of carboxylic acid groups (broad SMARTS) is 1. The number of aromatic carboxylic acids is 1. The van der Waals surface area contributed by atoms with Gasteiger partial charge in [0, 0.05) is 5.56 Å². The summed E-state index contributed by atoms with van der Waals surface area (Å²) >= 11 is 0. The van der Waals surface area contributed by atoms with Crippen LogP contribution >= 0.6 is 0 Å². The summed E-state index contributed by atoms with van der Waals surface area (Å²) in [6, 6.07) is 13.9. The molecule has 5 nitrogen and oxygen atoms in total. The summed E-state index contributed by atoms with van der Waals surface area (Å²) < 4.78 is 5.45. The van der Waals surface area contributed by atoms with Gasteiger partial charge in [-0.15, -0.1) is 0 Å². The molecule has 128 valence electrons. The minimum atomic E-state index is -1.04. The Balaban J connectivity index is 0.00000312. The van der Waals surface area contributed by atoms with E-state index in [-0.39, 0.29) is 47.6 Å². The Morgan fingerprint density at radius 1 is 1.12 bits per heavy atom. The molecule has 0 aliphatic carbocycles. The van der Waals surface area contributed by atoms with Crippen LogP contribution in [0.1, 0.15) is 46.0 Å². The summed E-state index contributed by atoms with van der Waals surface area (Å²) in [6.07, 6.45) is 0. The first kappa shape index (κ1) is 21.2. The average molecular weight is 351 g/mol. The van der Waals surface area contributed by atoms with Gasteiger partial charge in [-0.3, -0.25) is 4.79 Å². The molecule has 0 aromatic heterocycles. The van der Waals surface area contributed by atoms with Crippen molar-refractivity contribution in [2.75, 3.05) is 13.2 Å². The molecular weight excluding hydrogens is 329 g/mol. The van der Waals surface area contributed by atoms with E-state index in [1.54, 1.807) is 24.3 Å². The maximum atomic E-state index is 12.1. The Hall–Kier alpha value is -1.82. The van der Waals surface area contributed by atoms with Gasteiger partial charge in [-0.25, -0.2) is 4.79 Å². The van der Waals surface area contributed by atoms with E-state index >= 15 is 0 Å². The van der Waals surface area contributed by atoms with Gasteiger partial charge in [0.2, 0.25) is 0 Å². The van der Waals surface area contributed by atoms with Crippen molar-refractivity contribution in [3.05, 3.63) is 65.2 Å². The van der Waals surface area contributed by atoms with Crippen LogP contribution in [0.15, 0.2) is 48.5 Å². The summed E-state index contributed by atoms with van der Waals surface area (Å²) in [5, 5.41) is 11.9. The van der Waals surface area contributed by atoms with Crippen molar-refractivity contribution in [1.82, 2.24) is 5.32 Å². The topological polar surface area (TPSA) is 75.6 Å². The van der Waals surface area contributed by atoms with Gasteiger partial charge in [-0.2, -0.15) is 0 Å². The first-order valence-electron chi connectivity index (χ1n) is 7.82. The van der Waals surface area contributed by atoms with Crippen LogP contribution in [0.2, 0.25) is 0 Å². The number of rotatable bonds is 7. The molecule has 0 saturated carbocycles. The first-order valence-corrected chi connectivity index (χ1v) is 7.82. The van der Waals surface area contributed by atoms with Crippen molar-refractivity contribution in [3.8, 4) is 5.75 Å². The second kappa shape index (κ2) is 10.2. The summed E-state index contributed by atoms with van der Waals surface area (Å²) in [5.41, 5.74) is 1.81. The third kappa shape index (κ3) is 6.20. The molecule has 0 heterocycles. The van der Waals surface area contributed by atoms with E-state index in [0.29, 0.717) is 23.8 Å². The molecule has 0 spiro atoms. The normalized spacial score (nSPS) is 10.0. The number of carboxylic acids is 1. The fourth-order valence-electron chi connectivity index (χ4n) is 2.24. The number of amides is 1. The number of para-hydroxylation sites is 1. The third-order valence-electron chi connectivity index (χ3n) is 3.58. The van der Waals surface area contributed by atoms with Crippen LogP contribution < -0.4 is 10.1 Å². The molecule has 2 N–H and O–H groups in total. The van der Waals surface area contributed by atoms with E-state index in [2.05, 4.69) is 19.2 Å². The molecule has 0 bridgehead atoms. The fourth-order valence-corrected chi connectivity index (χ4v) is 2.24. The summed E-state index contributed by atoms with van der Waals surface area (Å²) in [6.45, 7) is 4.63. The molecular formula is C19H22NNaO4. The van der Waals surface area contributed by atoms with E-state index in [9.17, 15) is 9.59 Å². The van der Waals surface area contributed by atoms with Crippen molar-refractivity contribution in [2.45, 2.75) is 19.8 Å². The quantitative estimate of drug-likeness (QED) is 0.594. The molecule has 1 amide bonds. The van der Waals surface area contributed by atoms with Crippen molar-refractivity contribution in [2.24, 2.45) is 0 Å². The zero-order valence-electron chi connectivity index (χ0n) is 13.8. The summed E-state index contributed by atoms with van der Waals surface area (Å²) in [4.78, 5) is 23.2. The van der Waals surface area contributed by atoms with Crippen LogP contribution in [-0.2, 0) is 0 Å². The van der Waals surface area contributed by atoms with Crippen molar-refractivity contribution in [1.29, 1.82) is 0 Å². The predicted octanol–water partition coefficient (Wildman–Crippen LogP) is 2.67. The molecule has 0 saturated heterocycles. The van der Waals surface area contributed by atoms with Gasteiger partial charge in [0.15, 0.2) is 0 Å². The van der Waals surface area contributed by atoms with Crippen LogP contribution in [0.3, 0.4) is 0 Å². The molecule has 0 radical (unpaired) electrons. The van der Waals surface area contributed by atoms with E-state index in [1.165, 1.54) is 6.07 Å². The molecule has 2 aromatic carbocycles. The molecule has 6 heteroatoms. The van der Waals surface area contributed by atoms with Gasteiger partial charge in [0.05, 0.1) is 6.54 Å². The predicted molar refractivity (Wildman–Crippen MR) is 98.9 cm³/mol. The fraction of sp³-hybridized carbons (Fsp3) is 0.263. The summed E-state index contributed by atoms with van der Waals surface area (Å²) in [5.74, 6) is -0.567. The molecule has 0 aliphatic rings. The zero-order chi connectivity index (χ0) is 17.5. The molecule has 0 atom stereocenters. The zero-order valence-corrected chi connectivity index (χ0v) is 13.8. The van der Waals surface area contributed by atoms with Gasteiger partial charge in [0.25, 0.3) is 5.91 Å². The van der Waals surface area contributed by atoms with E-state index < -0.39 is 5.97 Å². The van der Waals surface area contributed by atoms with E-state index in [1.807, 2.05) is 18.2 Å². The third-order valence-corrected chi connectivity index (χ3v) is 3.58. The van der Waals surface area contributed by atoms with Crippen LogP contribution in [0.5, 0.6) is 5.75 Å². The van der Waals surface area contributed by atoms with Crippen molar-refractivity contribution in [3.63, 3.8) is 0 Å². The molecule has 2 rings (SSSR count). The maximum absolute atomic E-state index is 12.1. The first-order chi connectivity index (χ1) is 11.5. The van der Waals surface area contributed by atoms with E-state index in [4.69, 9.17) is 9.84 Å². The Morgan fingerprint density at radius 3 is 2.52 bits per heavy atom. The Kier molecular flexibility index (Phi) is 8.69. The molecule has 0 unspecified atom stereocenters. The van der Waals surface area contributed by atoms with Gasteiger partial charge in [-0.1, -0.05) is 38.1 Å². The number of hydrogen-bond acceptors (Lipinski definition) is 3. The van der Waals surface area contributed by atoms with Crippen molar-refractivity contribution < 1.29 is 19.4 Å². The Labute approximate surface area is 169 Å². The number of hydrogen-bond donors (Lipinski definition) is 2. The Morgan fingerprint density at radius 2 is 1.84 bits per heavy atom. The van der Waals surface area contributed by atoms with Crippen LogP contribution in [0.25, 0.3) is 0 Å². The van der Waals surface area contributed by atoms with Crippen molar-refractivity contribution >= 4 is 41.4 Å². The molecule has 2 aromatic rings. The number of ether oxygens (including phenoxy) is 1. The average Bonchev–Trinajstić information content (AvgIpc) is 2.58. The second-order valence-corrected chi connectivity index (χ2v) is 5.69. The Bertz CT molecular complexity index is 731. The van der Waals surface area contributed by atoms with Gasteiger partial charge in [-0.05, 0) is 35.7 Å². The van der Waals surface area contributed by atoms with Crippen LogP contribution in [-0.4, -0.2) is 59.7 Å². The standard InChI is InChI=1S/C19H21NO4.Na.H/c1-13(2)14-6-5-7-15(12-14)18(21)20-10-11-24-17-9-4-3-8-16(17)19(22)23;;/h3-9,12-13H,10-11H2,1-2H3,(H,20,21)(H,22,23);;. The number of carbonyl (C=O) groups is 2. The monoisotopic (exact) mass is 351 g/mol. The van der Waals surface area contributed by atoms with Gasteiger partial charge < -0.3 is 15.2 Å². The van der Waals surface area contributed by atoms with Gasteiger partial charge >= 0.3 is 35.5 Å². The minimum absolute atomic E-state index is 0. The molecule has 0 aliphatic heterocycles. The van der Waals surface area contributed by atoms with Crippen LogP contribution in [0, 0.1) is 0 Å². The molecule has 0 fully saturated rings.